The Labute approximate surface area is 202 Å². The van der Waals surface area contributed by atoms with Crippen LogP contribution in [0.4, 0.5) is 0 Å². The Morgan fingerprint density at radius 3 is 2.48 bits per heavy atom. The summed E-state index contributed by atoms with van der Waals surface area (Å²) in [6.07, 6.45) is 11.0. The van der Waals surface area contributed by atoms with Gasteiger partial charge in [-0.1, -0.05) is 58.8 Å². The molecule has 4 aliphatic rings. The molecule has 3 nitrogen and oxygen atoms in total. The van der Waals surface area contributed by atoms with Gasteiger partial charge >= 0.3 is 0 Å². The predicted molar refractivity (Wildman–Crippen MR) is 135 cm³/mol. The van der Waals surface area contributed by atoms with Crippen LogP contribution >= 0.6 is 0 Å². The maximum absolute atomic E-state index is 14.0. The fourth-order valence-electron chi connectivity index (χ4n) is 9.29. The summed E-state index contributed by atoms with van der Waals surface area (Å²) in [5, 5.41) is 20.1. The van der Waals surface area contributed by atoms with Gasteiger partial charge in [-0.15, -0.1) is 0 Å². The molecule has 0 amide bonds. The second-order valence-corrected chi connectivity index (χ2v) is 13.5. The zero-order valence-electron chi connectivity index (χ0n) is 22.3. The molecule has 186 valence electrons. The van der Waals surface area contributed by atoms with E-state index in [4.69, 9.17) is 0 Å². The number of aliphatic hydroxyl groups excluding tert-OH is 2. The van der Waals surface area contributed by atoms with E-state index in [-0.39, 0.29) is 34.4 Å². The summed E-state index contributed by atoms with van der Waals surface area (Å²) in [6, 6.07) is 0. The first-order valence-corrected chi connectivity index (χ1v) is 13.5. The lowest BCUT2D eigenvalue weighted by Gasteiger charge is -2.61. The lowest BCUT2D eigenvalue weighted by atomic mass is 9.43. The van der Waals surface area contributed by atoms with Crippen molar-refractivity contribution in [3.05, 3.63) is 22.8 Å². The first-order valence-electron chi connectivity index (χ1n) is 13.5. The molecule has 33 heavy (non-hydrogen) atoms. The molecule has 2 saturated carbocycles. The summed E-state index contributed by atoms with van der Waals surface area (Å²) in [4.78, 5) is 14.0. The number of rotatable bonds is 5. The highest BCUT2D eigenvalue weighted by molar-refractivity contribution is 5.99. The van der Waals surface area contributed by atoms with Gasteiger partial charge in [0.25, 0.3) is 0 Å². The molecule has 0 saturated heterocycles. The van der Waals surface area contributed by atoms with Crippen molar-refractivity contribution in [3.8, 4) is 0 Å². The normalized spacial score (nSPS) is 43.7. The maximum atomic E-state index is 14.0. The molecule has 4 aliphatic carbocycles. The number of carbonyl (C=O) groups is 1. The third kappa shape index (κ3) is 3.54. The average Bonchev–Trinajstić information content (AvgIpc) is 3.02. The van der Waals surface area contributed by atoms with Crippen molar-refractivity contribution in [1.82, 2.24) is 0 Å². The Hall–Kier alpha value is -0.930. The number of Topliss-reactive ketones (excluding diaryl/α,β-unsaturated/α-hetero) is 1. The van der Waals surface area contributed by atoms with Gasteiger partial charge < -0.3 is 10.2 Å². The summed E-state index contributed by atoms with van der Waals surface area (Å²) in [5.74, 6) is 1.94. The molecule has 2 N–H and O–H groups in total. The Kier molecular flexibility index (Phi) is 6.35. The van der Waals surface area contributed by atoms with Gasteiger partial charge in [0, 0.05) is 12.0 Å². The second-order valence-electron chi connectivity index (χ2n) is 13.5. The molecule has 0 heterocycles. The van der Waals surface area contributed by atoms with E-state index in [0.29, 0.717) is 30.0 Å². The monoisotopic (exact) mass is 456 g/mol. The van der Waals surface area contributed by atoms with Gasteiger partial charge in [-0.3, -0.25) is 4.79 Å². The molecule has 2 fully saturated rings. The fraction of sp³-hybridized carbons (Fsp3) is 0.833. The molecule has 0 aliphatic heterocycles. The molecule has 0 aromatic rings. The lowest BCUT2D eigenvalue weighted by Crippen LogP contribution is -2.57. The van der Waals surface area contributed by atoms with Crippen LogP contribution in [0.15, 0.2) is 22.8 Å². The molecule has 0 radical (unpaired) electrons. The lowest BCUT2D eigenvalue weighted by molar-refractivity contribution is -0.131. The summed E-state index contributed by atoms with van der Waals surface area (Å²) in [7, 11) is 0. The first kappa shape index (κ1) is 25.2. The van der Waals surface area contributed by atoms with Gasteiger partial charge in [0.15, 0.2) is 5.78 Å². The highest BCUT2D eigenvalue weighted by Crippen LogP contribution is 2.71. The minimum atomic E-state index is -0.266. The van der Waals surface area contributed by atoms with Crippen LogP contribution in [0, 0.1) is 39.4 Å². The highest BCUT2D eigenvalue weighted by Gasteiger charge is 2.65. The molecule has 0 bridgehead atoms. The van der Waals surface area contributed by atoms with Crippen LogP contribution in [0.25, 0.3) is 0 Å². The minimum absolute atomic E-state index is 0.0327. The summed E-state index contributed by atoms with van der Waals surface area (Å²) in [5.41, 5.74) is 3.66. The second kappa shape index (κ2) is 8.33. The van der Waals surface area contributed by atoms with Crippen molar-refractivity contribution < 1.29 is 15.0 Å². The number of allylic oxidation sites excluding steroid dienone is 3. The Morgan fingerprint density at radius 2 is 1.82 bits per heavy atom. The van der Waals surface area contributed by atoms with Gasteiger partial charge in [0.05, 0.1) is 12.7 Å². The molecule has 3 heteroatoms. The van der Waals surface area contributed by atoms with Crippen molar-refractivity contribution in [3.63, 3.8) is 0 Å². The fourth-order valence-corrected chi connectivity index (χ4v) is 9.29. The molecule has 0 aromatic heterocycles. The van der Waals surface area contributed by atoms with E-state index >= 15 is 0 Å². The van der Waals surface area contributed by atoms with Crippen molar-refractivity contribution in [2.45, 2.75) is 112 Å². The van der Waals surface area contributed by atoms with Crippen LogP contribution in [0.2, 0.25) is 0 Å². The van der Waals surface area contributed by atoms with Crippen LogP contribution in [0.1, 0.15) is 106 Å². The highest BCUT2D eigenvalue weighted by atomic mass is 16.3. The number of ketones is 1. The van der Waals surface area contributed by atoms with Crippen molar-refractivity contribution >= 4 is 5.78 Å². The van der Waals surface area contributed by atoms with E-state index in [9.17, 15) is 15.0 Å². The van der Waals surface area contributed by atoms with Crippen LogP contribution in [-0.2, 0) is 4.79 Å². The van der Waals surface area contributed by atoms with E-state index in [1.165, 1.54) is 24.0 Å². The van der Waals surface area contributed by atoms with Crippen molar-refractivity contribution in [2.75, 3.05) is 6.61 Å². The first-order chi connectivity index (χ1) is 15.3. The number of carbonyl (C=O) groups excluding carboxylic acids is 1. The zero-order valence-corrected chi connectivity index (χ0v) is 22.3. The third-order valence-corrected chi connectivity index (χ3v) is 11.6. The van der Waals surface area contributed by atoms with Crippen molar-refractivity contribution in [2.24, 2.45) is 39.4 Å². The molecule has 7 atom stereocenters. The zero-order chi connectivity index (χ0) is 24.4. The summed E-state index contributed by atoms with van der Waals surface area (Å²) < 4.78 is 0. The smallest absolute Gasteiger partial charge is 0.159 e. The average molecular weight is 457 g/mol. The topological polar surface area (TPSA) is 57.5 Å². The minimum Gasteiger partial charge on any atom is -0.393 e. The third-order valence-electron chi connectivity index (χ3n) is 11.6. The van der Waals surface area contributed by atoms with Gasteiger partial charge in [-0.05, 0) is 97.7 Å². The quantitative estimate of drug-likeness (QED) is 0.456. The van der Waals surface area contributed by atoms with E-state index in [1.54, 1.807) is 0 Å². The molecule has 0 aromatic carbocycles. The van der Waals surface area contributed by atoms with E-state index < -0.39 is 0 Å². The SMILES string of the molecule is C/C(=C\CC[C@H](C)[C@@H]1CC[C@]2(C)C3=C(C(=O)C[C@@]12C)[C@@]1(C)CC[C@H](O)C(C)(C)[C@H]1CC3)CO. The molecule has 0 unspecified atom stereocenters. The van der Waals surface area contributed by atoms with Gasteiger partial charge in [-0.2, -0.15) is 0 Å². The van der Waals surface area contributed by atoms with Crippen LogP contribution in [0.3, 0.4) is 0 Å². The van der Waals surface area contributed by atoms with E-state index in [1.807, 2.05) is 6.92 Å². The van der Waals surface area contributed by atoms with E-state index in [0.717, 1.165) is 44.1 Å². The predicted octanol–water partition coefficient (Wildman–Crippen LogP) is 6.63. The molecular weight excluding hydrogens is 408 g/mol. The summed E-state index contributed by atoms with van der Waals surface area (Å²) in [6.45, 7) is 16.3. The number of hydrogen-bond donors (Lipinski definition) is 2. The number of aliphatic hydroxyl groups is 2. The van der Waals surface area contributed by atoms with Gasteiger partial charge in [-0.25, -0.2) is 0 Å². The largest absolute Gasteiger partial charge is 0.393 e. The van der Waals surface area contributed by atoms with Crippen LogP contribution < -0.4 is 0 Å². The van der Waals surface area contributed by atoms with E-state index in [2.05, 4.69) is 47.6 Å². The van der Waals surface area contributed by atoms with Crippen molar-refractivity contribution in [1.29, 1.82) is 0 Å². The number of hydrogen-bond acceptors (Lipinski definition) is 3. The molecule has 0 spiro atoms. The maximum Gasteiger partial charge on any atom is 0.159 e. The Morgan fingerprint density at radius 1 is 1.12 bits per heavy atom. The Balaban J connectivity index is 1.67. The number of fused-ring (bicyclic) bond motifs is 4. The van der Waals surface area contributed by atoms with Crippen LogP contribution in [0.5, 0.6) is 0 Å². The van der Waals surface area contributed by atoms with Gasteiger partial charge in [0.2, 0.25) is 0 Å². The van der Waals surface area contributed by atoms with Gasteiger partial charge in [0.1, 0.15) is 0 Å². The standard InChI is InChI=1S/C30H48O3/c1-19(18-31)9-8-10-20(2)21-13-16-29(6)22-11-12-24-27(3,4)25(33)14-15-28(24,5)26(22)23(32)17-30(21,29)7/h9,20-21,24-25,31,33H,8,10-18H2,1-7H3/b19-9+/t20-,21-,24+,25-,28-,29+,30-/m0/s1. The Bertz CT molecular complexity index is 866. The van der Waals surface area contributed by atoms with Crippen LogP contribution in [-0.4, -0.2) is 28.7 Å². The molecule has 4 rings (SSSR count). The summed E-state index contributed by atoms with van der Waals surface area (Å²) >= 11 is 0. The molecular formula is C30H48O3.